The molecule has 0 atom stereocenters. The van der Waals surface area contributed by atoms with Gasteiger partial charge in [0.05, 0.1) is 6.61 Å². The molecule has 0 fully saturated rings. The van der Waals surface area contributed by atoms with E-state index in [4.69, 9.17) is 0 Å². The van der Waals surface area contributed by atoms with Crippen LogP contribution in [0.1, 0.15) is 22.5 Å². The van der Waals surface area contributed by atoms with Crippen LogP contribution in [0.15, 0.2) is 30.3 Å². The molecule has 0 amide bonds. The molecule has 2 nitrogen and oxygen atoms in total. The van der Waals surface area contributed by atoms with Gasteiger partial charge in [-0.2, -0.15) is 0 Å². The monoisotopic (exact) mass is 227 g/mol. The summed E-state index contributed by atoms with van der Waals surface area (Å²) in [5.41, 5.74) is 6.28. The fourth-order valence-corrected chi connectivity index (χ4v) is 2.18. The Labute approximate surface area is 102 Å². The van der Waals surface area contributed by atoms with Gasteiger partial charge < -0.3 is 5.11 Å². The second-order valence-electron chi connectivity index (χ2n) is 4.29. The fourth-order valence-electron chi connectivity index (χ4n) is 2.18. The highest BCUT2D eigenvalue weighted by atomic mass is 16.3. The van der Waals surface area contributed by atoms with Crippen molar-refractivity contribution in [1.29, 1.82) is 0 Å². The van der Waals surface area contributed by atoms with Gasteiger partial charge in [0.15, 0.2) is 0 Å². The second-order valence-corrected chi connectivity index (χ2v) is 4.29. The van der Waals surface area contributed by atoms with E-state index in [1.54, 1.807) is 0 Å². The molecule has 0 saturated carbocycles. The van der Waals surface area contributed by atoms with Crippen LogP contribution in [-0.4, -0.2) is 10.1 Å². The third kappa shape index (κ3) is 2.08. The van der Waals surface area contributed by atoms with Crippen molar-refractivity contribution in [1.82, 2.24) is 4.98 Å². The van der Waals surface area contributed by atoms with Gasteiger partial charge in [-0.05, 0) is 37.5 Å². The van der Waals surface area contributed by atoms with Crippen molar-refractivity contribution in [3.05, 3.63) is 52.8 Å². The highest BCUT2D eigenvalue weighted by Gasteiger charge is 2.13. The van der Waals surface area contributed by atoms with Crippen molar-refractivity contribution in [2.24, 2.45) is 0 Å². The SMILES string of the molecule is Cc1nc(C)c(CO)c(-c2ccccc2)c1C. The first-order valence-electron chi connectivity index (χ1n) is 5.78. The summed E-state index contributed by atoms with van der Waals surface area (Å²) in [5, 5.41) is 9.54. The van der Waals surface area contributed by atoms with E-state index < -0.39 is 0 Å². The van der Waals surface area contributed by atoms with Crippen LogP contribution in [0.3, 0.4) is 0 Å². The summed E-state index contributed by atoms with van der Waals surface area (Å²) < 4.78 is 0. The molecule has 1 heterocycles. The minimum Gasteiger partial charge on any atom is -0.392 e. The third-order valence-corrected chi connectivity index (χ3v) is 3.21. The average Bonchev–Trinajstić information content (AvgIpc) is 2.34. The minimum absolute atomic E-state index is 0.0319. The summed E-state index contributed by atoms with van der Waals surface area (Å²) in [5.74, 6) is 0. The maximum Gasteiger partial charge on any atom is 0.0705 e. The number of nitrogens with zero attached hydrogens (tertiary/aromatic N) is 1. The zero-order valence-corrected chi connectivity index (χ0v) is 10.5. The first-order chi connectivity index (χ1) is 8.15. The van der Waals surface area contributed by atoms with Crippen LogP contribution >= 0.6 is 0 Å². The van der Waals surface area contributed by atoms with E-state index in [1.165, 1.54) is 0 Å². The molecule has 17 heavy (non-hydrogen) atoms. The van der Waals surface area contributed by atoms with Crippen LogP contribution in [0.4, 0.5) is 0 Å². The zero-order chi connectivity index (χ0) is 12.4. The summed E-state index contributed by atoms with van der Waals surface area (Å²) >= 11 is 0. The lowest BCUT2D eigenvalue weighted by Gasteiger charge is -2.15. The second kappa shape index (κ2) is 4.68. The summed E-state index contributed by atoms with van der Waals surface area (Å²) in [6.45, 7) is 6.05. The zero-order valence-electron chi connectivity index (χ0n) is 10.5. The van der Waals surface area contributed by atoms with Crippen molar-refractivity contribution >= 4 is 0 Å². The average molecular weight is 227 g/mol. The van der Waals surface area contributed by atoms with Gasteiger partial charge >= 0.3 is 0 Å². The van der Waals surface area contributed by atoms with E-state index in [-0.39, 0.29) is 6.61 Å². The fraction of sp³-hybridized carbons (Fsp3) is 0.267. The summed E-state index contributed by atoms with van der Waals surface area (Å²) in [6, 6.07) is 10.2. The number of pyridine rings is 1. The minimum atomic E-state index is 0.0319. The van der Waals surface area contributed by atoms with Gasteiger partial charge in [-0.25, -0.2) is 0 Å². The van der Waals surface area contributed by atoms with Crippen LogP contribution in [0.2, 0.25) is 0 Å². The Morgan fingerprint density at radius 2 is 1.65 bits per heavy atom. The molecule has 0 aliphatic rings. The van der Waals surface area contributed by atoms with Gasteiger partial charge in [-0.3, -0.25) is 4.98 Å². The quantitative estimate of drug-likeness (QED) is 0.854. The van der Waals surface area contributed by atoms with Crippen molar-refractivity contribution < 1.29 is 5.11 Å². The number of aliphatic hydroxyl groups is 1. The number of rotatable bonds is 2. The maximum atomic E-state index is 9.54. The Morgan fingerprint density at radius 1 is 1.00 bits per heavy atom. The van der Waals surface area contributed by atoms with Crippen LogP contribution in [-0.2, 0) is 6.61 Å². The maximum absolute atomic E-state index is 9.54. The molecular formula is C15H17NO. The lowest BCUT2D eigenvalue weighted by Crippen LogP contribution is -2.02. The Balaban J connectivity index is 2.75. The molecule has 0 aliphatic carbocycles. The van der Waals surface area contributed by atoms with Crippen LogP contribution in [0, 0.1) is 20.8 Å². The Hall–Kier alpha value is -1.67. The molecule has 2 heteroatoms. The van der Waals surface area contributed by atoms with E-state index in [9.17, 15) is 5.11 Å². The lowest BCUT2D eigenvalue weighted by molar-refractivity contribution is 0.281. The van der Waals surface area contributed by atoms with Gasteiger partial charge in [0.25, 0.3) is 0 Å². The van der Waals surface area contributed by atoms with Crippen LogP contribution in [0.5, 0.6) is 0 Å². The molecule has 2 aromatic rings. The highest BCUT2D eigenvalue weighted by molar-refractivity contribution is 5.72. The summed E-state index contributed by atoms with van der Waals surface area (Å²) in [6.07, 6.45) is 0. The van der Waals surface area contributed by atoms with Crippen LogP contribution in [0.25, 0.3) is 11.1 Å². The topological polar surface area (TPSA) is 33.1 Å². The lowest BCUT2D eigenvalue weighted by atomic mass is 9.94. The first-order valence-corrected chi connectivity index (χ1v) is 5.78. The largest absolute Gasteiger partial charge is 0.392 e. The third-order valence-electron chi connectivity index (χ3n) is 3.21. The highest BCUT2D eigenvalue weighted by Crippen LogP contribution is 2.30. The number of benzene rings is 1. The van der Waals surface area contributed by atoms with Crippen molar-refractivity contribution in [3.8, 4) is 11.1 Å². The molecule has 0 saturated heterocycles. The van der Waals surface area contributed by atoms with Crippen LogP contribution < -0.4 is 0 Å². The number of aromatic nitrogens is 1. The van der Waals surface area contributed by atoms with Gasteiger partial charge in [0.2, 0.25) is 0 Å². The van der Waals surface area contributed by atoms with Gasteiger partial charge in [-0.15, -0.1) is 0 Å². The van der Waals surface area contributed by atoms with E-state index in [0.717, 1.165) is 33.6 Å². The van der Waals surface area contributed by atoms with Gasteiger partial charge in [-0.1, -0.05) is 30.3 Å². The van der Waals surface area contributed by atoms with Gasteiger partial charge in [0, 0.05) is 17.0 Å². The first kappa shape index (κ1) is 11.8. The molecule has 2 rings (SSSR count). The molecular weight excluding hydrogens is 210 g/mol. The smallest absolute Gasteiger partial charge is 0.0705 e. The predicted octanol–water partition coefficient (Wildman–Crippen LogP) is 3.17. The Morgan fingerprint density at radius 3 is 2.24 bits per heavy atom. The standard InChI is InChI=1S/C15H17NO/c1-10-11(2)16-12(3)14(9-17)15(10)13-7-5-4-6-8-13/h4-8,17H,9H2,1-3H3. The normalized spacial score (nSPS) is 10.6. The molecule has 0 unspecified atom stereocenters. The predicted molar refractivity (Wildman–Crippen MR) is 69.8 cm³/mol. The molecule has 0 spiro atoms. The number of aliphatic hydroxyl groups excluding tert-OH is 1. The number of aryl methyl sites for hydroxylation is 2. The van der Waals surface area contributed by atoms with E-state index in [0.29, 0.717) is 0 Å². The van der Waals surface area contributed by atoms with Crippen molar-refractivity contribution in [2.75, 3.05) is 0 Å². The van der Waals surface area contributed by atoms with E-state index in [1.807, 2.05) is 32.0 Å². The molecule has 88 valence electrons. The molecule has 0 bridgehead atoms. The summed E-state index contributed by atoms with van der Waals surface area (Å²) in [7, 11) is 0. The molecule has 1 aromatic carbocycles. The summed E-state index contributed by atoms with van der Waals surface area (Å²) in [4.78, 5) is 4.47. The van der Waals surface area contributed by atoms with Crippen molar-refractivity contribution in [2.45, 2.75) is 27.4 Å². The van der Waals surface area contributed by atoms with E-state index >= 15 is 0 Å². The molecule has 0 radical (unpaired) electrons. The molecule has 1 N–H and O–H groups in total. The number of hydrogen-bond donors (Lipinski definition) is 1. The number of hydrogen-bond acceptors (Lipinski definition) is 2. The molecule has 0 aliphatic heterocycles. The molecule has 1 aromatic heterocycles. The van der Waals surface area contributed by atoms with E-state index in [2.05, 4.69) is 24.0 Å². The van der Waals surface area contributed by atoms with Crippen molar-refractivity contribution in [3.63, 3.8) is 0 Å². The van der Waals surface area contributed by atoms with Gasteiger partial charge in [0.1, 0.15) is 0 Å². The Kier molecular flexibility index (Phi) is 3.25. The Bertz CT molecular complexity index is 532.